The van der Waals surface area contributed by atoms with E-state index in [1.54, 1.807) is 31.2 Å². The van der Waals surface area contributed by atoms with Crippen molar-refractivity contribution in [3.05, 3.63) is 63.8 Å². The first-order valence-corrected chi connectivity index (χ1v) is 9.09. The maximum Gasteiger partial charge on any atom is 0.291 e. The SMILES string of the molecule is CCn1ncn2cc(S(=O)(=O)NCc3ccc(Cl)cc3)cc2c1=O. The Morgan fingerprint density at radius 3 is 2.62 bits per heavy atom. The summed E-state index contributed by atoms with van der Waals surface area (Å²) in [6.45, 7) is 2.33. The van der Waals surface area contributed by atoms with Crippen LogP contribution in [0.15, 0.2) is 52.5 Å². The Balaban J connectivity index is 1.89. The van der Waals surface area contributed by atoms with Crippen molar-refractivity contribution in [1.82, 2.24) is 18.9 Å². The number of hydrogen-bond acceptors (Lipinski definition) is 4. The van der Waals surface area contributed by atoms with Gasteiger partial charge in [0.25, 0.3) is 5.56 Å². The molecule has 3 rings (SSSR count). The van der Waals surface area contributed by atoms with Crippen LogP contribution in [0.4, 0.5) is 0 Å². The molecule has 0 aliphatic carbocycles. The lowest BCUT2D eigenvalue weighted by Crippen LogP contribution is -2.23. The van der Waals surface area contributed by atoms with Crippen LogP contribution in [0.2, 0.25) is 5.02 Å². The summed E-state index contributed by atoms with van der Waals surface area (Å²) < 4.78 is 30.0. The molecular formula is C15H15ClN4O3S. The Bertz CT molecular complexity index is 1040. The van der Waals surface area contributed by atoms with E-state index in [0.29, 0.717) is 11.6 Å². The van der Waals surface area contributed by atoms with Crippen LogP contribution in [0.5, 0.6) is 0 Å². The fourth-order valence-electron chi connectivity index (χ4n) is 2.26. The molecule has 0 bridgehead atoms. The number of fused-ring (bicyclic) bond motifs is 1. The van der Waals surface area contributed by atoms with Gasteiger partial charge in [-0.3, -0.25) is 9.20 Å². The number of nitrogens with zero attached hydrogens (tertiary/aromatic N) is 3. The van der Waals surface area contributed by atoms with Crippen LogP contribution >= 0.6 is 11.6 Å². The Morgan fingerprint density at radius 2 is 1.96 bits per heavy atom. The molecular weight excluding hydrogens is 352 g/mol. The van der Waals surface area contributed by atoms with Gasteiger partial charge in [0.15, 0.2) is 0 Å². The molecule has 7 nitrogen and oxygen atoms in total. The summed E-state index contributed by atoms with van der Waals surface area (Å²) >= 11 is 5.80. The molecule has 0 aliphatic heterocycles. The molecule has 0 saturated heterocycles. The summed E-state index contributed by atoms with van der Waals surface area (Å²) in [6.07, 6.45) is 2.78. The van der Waals surface area contributed by atoms with Gasteiger partial charge in [0, 0.05) is 24.3 Å². The average molecular weight is 367 g/mol. The Morgan fingerprint density at radius 1 is 1.25 bits per heavy atom. The number of sulfonamides is 1. The van der Waals surface area contributed by atoms with E-state index < -0.39 is 10.0 Å². The summed E-state index contributed by atoms with van der Waals surface area (Å²) in [4.78, 5) is 12.2. The van der Waals surface area contributed by atoms with Crippen molar-refractivity contribution in [1.29, 1.82) is 0 Å². The zero-order chi connectivity index (χ0) is 17.3. The van der Waals surface area contributed by atoms with Gasteiger partial charge in [0.2, 0.25) is 10.0 Å². The molecule has 0 unspecified atom stereocenters. The number of nitrogens with one attached hydrogen (secondary N) is 1. The highest BCUT2D eigenvalue weighted by Crippen LogP contribution is 2.14. The zero-order valence-corrected chi connectivity index (χ0v) is 14.4. The van der Waals surface area contributed by atoms with E-state index in [0.717, 1.165) is 5.56 Å². The normalized spacial score (nSPS) is 11.9. The number of benzene rings is 1. The highest BCUT2D eigenvalue weighted by Gasteiger charge is 2.18. The van der Waals surface area contributed by atoms with Gasteiger partial charge in [0.05, 0.1) is 0 Å². The second-order valence-electron chi connectivity index (χ2n) is 5.17. The Labute approximate surface area is 143 Å². The lowest BCUT2D eigenvalue weighted by Gasteiger charge is -2.05. The zero-order valence-electron chi connectivity index (χ0n) is 12.8. The second kappa shape index (κ2) is 6.39. The minimum Gasteiger partial charge on any atom is -0.300 e. The van der Waals surface area contributed by atoms with Gasteiger partial charge in [-0.1, -0.05) is 23.7 Å². The van der Waals surface area contributed by atoms with Gasteiger partial charge in [-0.05, 0) is 30.7 Å². The Hall–Kier alpha value is -2.16. The quantitative estimate of drug-likeness (QED) is 0.744. The molecule has 3 aromatic rings. The topological polar surface area (TPSA) is 85.5 Å². The maximum atomic E-state index is 12.4. The lowest BCUT2D eigenvalue weighted by atomic mass is 10.2. The first-order chi connectivity index (χ1) is 11.4. The number of rotatable bonds is 5. The third-order valence-corrected chi connectivity index (χ3v) is 5.20. The molecule has 2 heterocycles. The number of halogens is 1. The van der Waals surface area contributed by atoms with Crippen molar-refractivity contribution in [3.63, 3.8) is 0 Å². The molecule has 126 valence electrons. The van der Waals surface area contributed by atoms with Gasteiger partial charge >= 0.3 is 0 Å². The molecule has 0 aliphatic rings. The van der Waals surface area contributed by atoms with Gasteiger partial charge < -0.3 is 0 Å². The molecule has 1 N–H and O–H groups in total. The van der Waals surface area contributed by atoms with Crippen molar-refractivity contribution in [3.8, 4) is 0 Å². The van der Waals surface area contributed by atoms with E-state index in [4.69, 9.17) is 11.6 Å². The highest BCUT2D eigenvalue weighted by molar-refractivity contribution is 7.89. The number of hydrogen-bond donors (Lipinski definition) is 1. The minimum absolute atomic E-state index is 0.0178. The minimum atomic E-state index is -3.75. The molecule has 2 aromatic heterocycles. The van der Waals surface area contributed by atoms with Gasteiger partial charge in [0.1, 0.15) is 16.7 Å². The van der Waals surface area contributed by atoms with E-state index in [1.165, 1.54) is 27.7 Å². The molecule has 9 heteroatoms. The predicted molar refractivity (Wildman–Crippen MR) is 90.6 cm³/mol. The standard InChI is InChI=1S/C15H15ClN4O3S/c1-2-20-15(21)14-7-13(9-19(14)10-17-20)24(22,23)18-8-11-3-5-12(16)6-4-11/h3-7,9-10,18H,2,8H2,1H3. The van der Waals surface area contributed by atoms with Gasteiger partial charge in [-0.15, -0.1) is 0 Å². The molecule has 0 amide bonds. The fourth-order valence-corrected chi connectivity index (χ4v) is 3.43. The first kappa shape index (κ1) is 16.7. The predicted octanol–water partition coefficient (Wildman–Crippen LogP) is 1.65. The van der Waals surface area contributed by atoms with Crippen LogP contribution in [0.1, 0.15) is 12.5 Å². The van der Waals surface area contributed by atoms with E-state index >= 15 is 0 Å². The summed E-state index contributed by atoms with van der Waals surface area (Å²) in [5.74, 6) is 0. The van der Waals surface area contributed by atoms with Gasteiger partial charge in [-0.25, -0.2) is 17.8 Å². The highest BCUT2D eigenvalue weighted by atomic mass is 35.5. The third kappa shape index (κ3) is 3.21. The smallest absolute Gasteiger partial charge is 0.291 e. The summed E-state index contributed by atoms with van der Waals surface area (Å²) in [7, 11) is -3.75. The van der Waals surface area contributed by atoms with E-state index in [-0.39, 0.29) is 22.5 Å². The van der Waals surface area contributed by atoms with E-state index in [1.807, 2.05) is 0 Å². The molecule has 0 radical (unpaired) electrons. The summed E-state index contributed by atoms with van der Waals surface area (Å²) in [5, 5.41) is 4.54. The molecule has 1 aromatic carbocycles. The van der Waals surface area contributed by atoms with Crippen LogP contribution in [0, 0.1) is 0 Å². The second-order valence-corrected chi connectivity index (χ2v) is 7.37. The molecule has 0 fully saturated rings. The van der Waals surface area contributed by atoms with Crippen molar-refractivity contribution in [2.75, 3.05) is 0 Å². The third-order valence-electron chi connectivity index (χ3n) is 3.58. The van der Waals surface area contributed by atoms with Crippen molar-refractivity contribution in [2.45, 2.75) is 24.9 Å². The maximum absolute atomic E-state index is 12.4. The number of aryl methyl sites for hydroxylation is 1. The molecule has 24 heavy (non-hydrogen) atoms. The molecule has 0 spiro atoms. The number of aromatic nitrogens is 3. The van der Waals surface area contributed by atoms with Crippen LogP contribution in [0.25, 0.3) is 5.52 Å². The van der Waals surface area contributed by atoms with Crippen LogP contribution < -0.4 is 10.3 Å². The molecule has 0 saturated carbocycles. The van der Waals surface area contributed by atoms with Crippen molar-refractivity contribution < 1.29 is 8.42 Å². The largest absolute Gasteiger partial charge is 0.300 e. The van der Waals surface area contributed by atoms with Crippen molar-refractivity contribution >= 4 is 27.1 Å². The molecule has 0 atom stereocenters. The van der Waals surface area contributed by atoms with E-state index in [9.17, 15) is 13.2 Å². The van der Waals surface area contributed by atoms with E-state index in [2.05, 4.69) is 9.82 Å². The first-order valence-electron chi connectivity index (χ1n) is 7.22. The van der Waals surface area contributed by atoms with Crippen LogP contribution in [-0.4, -0.2) is 22.6 Å². The van der Waals surface area contributed by atoms with Crippen LogP contribution in [0.3, 0.4) is 0 Å². The van der Waals surface area contributed by atoms with Gasteiger partial charge in [-0.2, -0.15) is 5.10 Å². The fraction of sp³-hybridized carbons (Fsp3) is 0.200. The summed E-state index contributed by atoms with van der Waals surface area (Å²) in [5.41, 5.74) is 0.708. The monoisotopic (exact) mass is 366 g/mol. The average Bonchev–Trinajstić information content (AvgIpc) is 3.01. The lowest BCUT2D eigenvalue weighted by molar-refractivity contribution is 0.581. The van der Waals surface area contributed by atoms with Crippen molar-refractivity contribution in [2.24, 2.45) is 0 Å². The summed E-state index contributed by atoms with van der Waals surface area (Å²) in [6, 6.07) is 8.21. The van der Waals surface area contributed by atoms with Crippen LogP contribution in [-0.2, 0) is 23.1 Å². The Kier molecular flexibility index (Phi) is 4.44.